The molecule has 3 rings (SSSR count). The van der Waals surface area contributed by atoms with Crippen molar-refractivity contribution in [3.05, 3.63) is 62.4 Å². The zero-order chi connectivity index (χ0) is 19.9. The van der Waals surface area contributed by atoms with Gasteiger partial charge in [-0.25, -0.2) is 4.98 Å². The highest BCUT2D eigenvalue weighted by molar-refractivity contribution is 6.36. The molecule has 3 aromatic rings. The molecule has 1 heterocycles. The molecule has 0 saturated heterocycles. The number of methoxy groups -OCH3 is 1. The number of rotatable bonds is 4. The van der Waals surface area contributed by atoms with Gasteiger partial charge in [0.15, 0.2) is 0 Å². The van der Waals surface area contributed by atoms with Gasteiger partial charge in [0.05, 0.1) is 28.2 Å². The molecule has 0 aliphatic heterocycles. The summed E-state index contributed by atoms with van der Waals surface area (Å²) in [5.74, 6) is 0.575. The van der Waals surface area contributed by atoms with Crippen LogP contribution >= 0.6 is 23.2 Å². The molecular weight excluding hydrogens is 400 g/mol. The fourth-order valence-electron chi connectivity index (χ4n) is 3.06. The van der Waals surface area contributed by atoms with E-state index in [0.717, 1.165) is 17.7 Å². The van der Waals surface area contributed by atoms with Crippen LogP contribution in [0.3, 0.4) is 0 Å². The standard InChI is InChI=1S/C19H17Cl2F3N2O/c1-10-6-12(19(22,23)24)7-15-18(10)25-16(26(15)2)8-13-14(20)5-4-11(9-27-3)17(13)21/h4-7H,8-9H2,1-3H3. The topological polar surface area (TPSA) is 27.1 Å². The third-order valence-corrected chi connectivity index (χ3v) is 5.32. The first-order valence-electron chi connectivity index (χ1n) is 8.11. The fraction of sp³-hybridized carbons (Fsp3) is 0.316. The summed E-state index contributed by atoms with van der Waals surface area (Å²) in [6, 6.07) is 5.74. The van der Waals surface area contributed by atoms with Gasteiger partial charge in [0.1, 0.15) is 5.82 Å². The van der Waals surface area contributed by atoms with Crippen molar-refractivity contribution in [3.63, 3.8) is 0 Å². The molecule has 27 heavy (non-hydrogen) atoms. The summed E-state index contributed by atoms with van der Waals surface area (Å²) in [6.07, 6.45) is -4.12. The van der Waals surface area contributed by atoms with E-state index in [-0.39, 0.29) is 0 Å². The van der Waals surface area contributed by atoms with E-state index in [0.29, 0.717) is 51.1 Å². The highest BCUT2D eigenvalue weighted by Gasteiger charge is 2.31. The van der Waals surface area contributed by atoms with Crippen molar-refractivity contribution in [3.8, 4) is 0 Å². The minimum Gasteiger partial charge on any atom is -0.380 e. The molecular formula is C19H17Cl2F3N2O. The van der Waals surface area contributed by atoms with Crippen molar-refractivity contribution >= 4 is 34.2 Å². The lowest BCUT2D eigenvalue weighted by molar-refractivity contribution is -0.137. The van der Waals surface area contributed by atoms with Gasteiger partial charge in [-0.1, -0.05) is 29.3 Å². The van der Waals surface area contributed by atoms with E-state index in [9.17, 15) is 13.2 Å². The van der Waals surface area contributed by atoms with Gasteiger partial charge in [0.2, 0.25) is 0 Å². The van der Waals surface area contributed by atoms with Gasteiger partial charge < -0.3 is 9.30 Å². The molecule has 0 aliphatic rings. The van der Waals surface area contributed by atoms with Gasteiger partial charge in [-0.3, -0.25) is 0 Å². The molecule has 0 atom stereocenters. The Morgan fingerprint density at radius 2 is 1.89 bits per heavy atom. The van der Waals surface area contributed by atoms with Crippen molar-refractivity contribution in [1.82, 2.24) is 9.55 Å². The number of halogens is 5. The van der Waals surface area contributed by atoms with Crippen LogP contribution < -0.4 is 0 Å². The van der Waals surface area contributed by atoms with Crippen LogP contribution in [-0.2, 0) is 31.0 Å². The Morgan fingerprint density at radius 3 is 2.52 bits per heavy atom. The third-order valence-electron chi connectivity index (χ3n) is 4.50. The molecule has 0 unspecified atom stereocenters. The fourth-order valence-corrected chi connectivity index (χ4v) is 3.62. The highest BCUT2D eigenvalue weighted by Crippen LogP contribution is 2.35. The largest absolute Gasteiger partial charge is 0.416 e. The number of alkyl halides is 3. The molecule has 0 amide bonds. The summed E-state index contributed by atoms with van der Waals surface area (Å²) >= 11 is 12.8. The SMILES string of the molecule is COCc1ccc(Cl)c(Cc2nc3c(C)cc(C(F)(F)F)cc3n2C)c1Cl. The number of aryl methyl sites for hydroxylation is 2. The van der Waals surface area contributed by atoms with E-state index < -0.39 is 11.7 Å². The van der Waals surface area contributed by atoms with E-state index in [1.165, 1.54) is 0 Å². The van der Waals surface area contributed by atoms with E-state index in [2.05, 4.69) is 4.98 Å². The number of hydrogen-bond acceptors (Lipinski definition) is 2. The maximum atomic E-state index is 13.1. The number of imidazole rings is 1. The zero-order valence-corrected chi connectivity index (χ0v) is 16.4. The molecule has 0 bridgehead atoms. The van der Waals surface area contributed by atoms with Crippen LogP contribution in [0.1, 0.15) is 28.1 Å². The number of nitrogens with zero attached hydrogens (tertiary/aromatic N) is 2. The molecule has 8 heteroatoms. The van der Waals surface area contributed by atoms with Crippen LogP contribution in [0.15, 0.2) is 24.3 Å². The van der Waals surface area contributed by atoms with Crippen LogP contribution in [0.5, 0.6) is 0 Å². The second-order valence-corrected chi connectivity index (χ2v) is 7.14. The summed E-state index contributed by atoms with van der Waals surface area (Å²) in [6.45, 7) is 1.95. The Labute approximate surface area is 164 Å². The van der Waals surface area contributed by atoms with Crippen molar-refractivity contribution < 1.29 is 17.9 Å². The van der Waals surface area contributed by atoms with Gasteiger partial charge in [-0.15, -0.1) is 0 Å². The molecule has 0 radical (unpaired) electrons. The van der Waals surface area contributed by atoms with Crippen molar-refractivity contribution in [2.45, 2.75) is 26.1 Å². The lowest BCUT2D eigenvalue weighted by Crippen LogP contribution is -2.06. The second-order valence-electron chi connectivity index (χ2n) is 6.35. The highest BCUT2D eigenvalue weighted by atomic mass is 35.5. The Bertz CT molecular complexity index is 1010. The summed E-state index contributed by atoms with van der Waals surface area (Å²) in [5, 5.41) is 0.948. The average molecular weight is 417 g/mol. The molecule has 0 saturated carbocycles. The Kier molecular flexibility index (Phi) is 5.43. The molecule has 3 nitrogen and oxygen atoms in total. The monoisotopic (exact) mass is 416 g/mol. The molecule has 2 aromatic carbocycles. The van der Waals surface area contributed by atoms with Crippen molar-refractivity contribution in [2.24, 2.45) is 7.05 Å². The minimum absolute atomic E-state index is 0.293. The van der Waals surface area contributed by atoms with E-state index >= 15 is 0 Å². The molecule has 144 valence electrons. The third kappa shape index (κ3) is 3.79. The first-order valence-corrected chi connectivity index (χ1v) is 8.87. The van der Waals surface area contributed by atoms with Crippen LogP contribution in [0.4, 0.5) is 13.2 Å². The average Bonchev–Trinajstić information content (AvgIpc) is 2.90. The summed E-state index contributed by atoms with van der Waals surface area (Å²) < 4.78 is 46.2. The Hall–Kier alpha value is -1.76. The predicted molar refractivity (Wildman–Crippen MR) is 100 cm³/mol. The van der Waals surface area contributed by atoms with Crippen LogP contribution in [-0.4, -0.2) is 16.7 Å². The first kappa shape index (κ1) is 20.0. The quantitative estimate of drug-likeness (QED) is 0.525. The number of ether oxygens (including phenoxy) is 1. The van der Waals surface area contributed by atoms with Gasteiger partial charge in [0.25, 0.3) is 0 Å². The molecule has 0 fully saturated rings. The lowest BCUT2D eigenvalue weighted by Gasteiger charge is -2.11. The molecule has 0 N–H and O–H groups in total. The van der Waals surface area contributed by atoms with E-state index in [1.54, 1.807) is 37.8 Å². The Morgan fingerprint density at radius 1 is 1.19 bits per heavy atom. The summed E-state index contributed by atoms with van der Waals surface area (Å²) in [4.78, 5) is 4.54. The number of aromatic nitrogens is 2. The molecule has 1 aromatic heterocycles. The first-order chi connectivity index (χ1) is 12.6. The number of fused-ring (bicyclic) bond motifs is 1. The van der Waals surface area contributed by atoms with Gasteiger partial charge in [-0.05, 0) is 41.8 Å². The van der Waals surface area contributed by atoms with Gasteiger partial charge >= 0.3 is 6.18 Å². The van der Waals surface area contributed by atoms with Crippen LogP contribution in [0.2, 0.25) is 10.0 Å². The molecule has 0 spiro atoms. The summed E-state index contributed by atoms with van der Waals surface area (Å²) in [5.41, 5.74) is 2.17. The smallest absolute Gasteiger partial charge is 0.380 e. The maximum absolute atomic E-state index is 13.1. The minimum atomic E-state index is -4.41. The van der Waals surface area contributed by atoms with Crippen molar-refractivity contribution in [1.29, 1.82) is 0 Å². The van der Waals surface area contributed by atoms with Crippen molar-refractivity contribution in [2.75, 3.05) is 7.11 Å². The van der Waals surface area contributed by atoms with Crippen LogP contribution in [0.25, 0.3) is 11.0 Å². The maximum Gasteiger partial charge on any atom is 0.416 e. The van der Waals surface area contributed by atoms with E-state index in [1.807, 2.05) is 0 Å². The number of benzene rings is 2. The number of hydrogen-bond donors (Lipinski definition) is 0. The predicted octanol–water partition coefficient (Wildman–Crippen LogP) is 5.94. The van der Waals surface area contributed by atoms with Gasteiger partial charge in [0, 0.05) is 25.6 Å². The second kappa shape index (κ2) is 7.34. The van der Waals surface area contributed by atoms with Crippen LogP contribution in [0, 0.1) is 6.92 Å². The molecule has 0 aliphatic carbocycles. The Balaban J connectivity index is 2.10. The normalized spacial score (nSPS) is 12.1. The summed E-state index contributed by atoms with van der Waals surface area (Å²) in [7, 11) is 3.25. The lowest BCUT2D eigenvalue weighted by atomic mass is 10.1. The van der Waals surface area contributed by atoms with E-state index in [4.69, 9.17) is 27.9 Å². The zero-order valence-electron chi connectivity index (χ0n) is 14.9. The van der Waals surface area contributed by atoms with Gasteiger partial charge in [-0.2, -0.15) is 13.2 Å².